The van der Waals surface area contributed by atoms with Gasteiger partial charge in [0.25, 0.3) is 0 Å². The van der Waals surface area contributed by atoms with E-state index in [1.54, 1.807) is 5.57 Å². The lowest BCUT2D eigenvalue weighted by molar-refractivity contribution is -0.0263. The Kier molecular flexibility index (Phi) is 3.31. The molecule has 7 atom stereocenters. The third-order valence-corrected chi connectivity index (χ3v) is 7.55. The third-order valence-electron chi connectivity index (χ3n) is 7.55. The number of terminal acetylenes is 1. The Morgan fingerprint density at radius 3 is 2.91 bits per heavy atom. The maximum Gasteiger partial charge on any atom is 0.0724 e. The largest absolute Gasteiger partial charge is 0.389 e. The van der Waals surface area contributed by atoms with Crippen LogP contribution in [0.2, 0.25) is 0 Å². The van der Waals surface area contributed by atoms with Crippen LogP contribution < -0.4 is 0 Å². The maximum atomic E-state index is 10.0. The van der Waals surface area contributed by atoms with Crippen molar-refractivity contribution in [2.45, 2.75) is 58.5 Å². The first-order valence-electron chi connectivity index (χ1n) is 9.10. The van der Waals surface area contributed by atoms with Crippen molar-refractivity contribution in [2.75, 3.05) is 0 Å². The lowest BCUT2D eigenvalue weighted by atomic mass is 9.48. The van der Waals surface area contributed by atoms with E-state index in [0.29, 0.717) is 17.3 Å². The number of aliphatic hydroxyl groups excluding tert-OH is 1. The molecule has 1 N–H and O–H groups in total. The zero-order chi connectivity index (χ0) is 15.5. The molecule has 0 aromatic heterocycles. The Morgan fingerprint density at radius 2 is 2.14 bits per heavy atom. The van der Waals surface area contributed by atoms with Crippen LogP contribution in [-0.4, -0.2) is 11.2 Å². The monoisotopic (exact) mass is 296 g/mol. The number of hydrogen-bond acceptors (Lipinski definition) is 1. The van der Waals surface area contributed by atoms with Crippen molar-refractivity contribution < 1.29 is 5.11 Å². The first-order chi connectivity index (χ1) is 10.5. The summed E-state index contributed by atoms with van der Waals surface area (Å²) in [6.07, 6.45) is 17.2. The van der Waals surface area contributed by atoms with Gasteiger partial charge in [-0.15, -0.1) is 6.42 Å². The van der Waals surface area contributed by atoms with Crippen molar-refractivity contribution in [3.05, 3.63) is 23.3 Å². The Balaban J connectivity index is 1.68. The number of hydrogen-bond donors (Lipinski definition) is 1. The highest BCUT2D eigenvalue weighted by molar-refractivity contribution is 5.35. The molecule has 2 fully saturated rings. The van der Waals surface area contributed by atoms with Gasteiger partial charge in [-0.25, -0.2) is 0 Å². The van der Waals surface area contributed by atoms with Crippen LogP contribution in [0.4, 0.5) is 0 Å². The summed E-state index contributed by atoms with van der Waals surface area (Å²) < 4.78 is 0. The van der Waals surface area contributed by atoms with Crippen molar-refractivity contribution in [3.63, 3.8) is 0 Å². The second kappa shape index (κ2) is 5.00. The van der Waals surface area contributed by atoms with Gasteiger partial charge >= 0.3 is 0 Å². The molecule has 1 nitrogen and oxygen atoms in total. The molecule has 0 aromatic rings. The maximum absolute atomic E-state index is 10.0. The van der Waals surface area contributed by atoms with Gasteiger partial charge in [-0.3, -0.25) is 0 Å². The number of rotatable bonds is 0. The summed E-state index contributed by atoms with van der Waals surface area (Å²) in [5.41, 5.74) is 3.18. The van der Waals surface area contributed by atoms with Gasteiger partial charge in [0.05, 0.1) is 6.10 Å². The molecule has 118 valence electrons. The fourth-order valence-corrected chi connectivity index (χ4v) is 6.50. The van der Waals surface area contributed by atoms with Crippen LogP contribution in [0.3, 0.4) is 0 Å². The van der Waals surface area contributed by atoms with Crippen LogP contribution in [0.15, 0.2) is 23.3 Å². The summed E-state index contributed by atoms with van der Waals surface area (Å²) >= 11 is 0. The van der Waals surface area contributed by atoms with Gasteiger partial charge in [-0.05, 0) is 73.5 Å². The van der Waals surface area contributed by atoms with Crippen LogP contribution in [-0.2, 0) is 0 Å². The molecule has 22 heavy (non-hydrogen) atoms. The predicted molar refractivity (Wildman–Crippen MR) is 89.9 cm³/mol. The van der Waals surface area contributed by atoms with E-state index in [0.717, 1.165) is 24.2 Å². The number of aliphatic hydroxyl groups is 1. The van der Waals surface area contributed by atoms with E-state index in [1.807, 2.05) is 0 Å². The van der Waals surface area contributed by atoms with Crippen LogP contribution in [0.5, 0.6) is 0 Å². The molecule has 0 saturated heterocycles. The Bertz CT molecular complexity index is 577. The Morgan fingerprint density at radius 1 is 1.32 bits per heavy atom. The van der Waals surface area contributed by atoms with Gasteiger partial charge in [0, 0.05) is 5.57 Å². The molecule has 0 aromatic carbocycles. The molecule has 0 spiro atoms. The fourth-order valence-electron chi connectivity index (χ4n) is 6.50. The molecule has 0 aliphatic heterocycles. The van der Waals surface area contributed by atoms with E-state index in [1.165, 1.54) is 37.7 Å². The zero-order valence-corrected chi connectivity index (χ0v) is 13.9. The van der Waals surface area contributed by atoms with E-state index in [9.17, 15) is 5.11 Å². The molecule has 4 aliphatic rings. The van der Waals surface area contributed by atoms with Crippen molar-refractivity contribution in [3.8, 4) is 12.3 Å². The lowest BCUT2D eigenvalue weighted by Gasteiger charge is -2.57. The smallest absolute Gasteiger partial charge is 0.0724 e. The van der Waals surface area contributed by atoms with Crippen LogP contribution in [0, 0.1) is 47.3 Å². The standard InChI is InChI=1S/C21H28O/c1-4-14-5-7-18-17-8-6-15-12-16(22)9-10-21(15,3)19(17)11-13(2)20(14)18/h1,5,12-13,16-20,22H,6-11H2,2-3H3/t13-,16?,17?,18?,19?,20?,21+/m1/s1. The summed E-state index contributed by atoms with van der Waals surface area (Å²) in [5, 5.41) is 10.0. The average molecular weight is 296 g/mol. The quantitative estimate of drug-likeness (QED) is 0.521. The van der Waals surface area contributed by atoms with Crippen molar-refractivity contribution in [1.29, 1.82) is 0 Å². The number of allylic oxidation sites excluding steroid dienone is 3. The molecule has 0 heterocycles. The minimum Gasteiger partial charge on any atom is -0.389 e. The van der Waals surface area contributed by atoms with Crippen LogP contribution in [0.1, 0.15) is 52.4 Å². The molecule has 4 rings (SSSR count). The molecule has 5 unspecified atom stereocenters. The van der Waals surface area contributed by atoms with E-state index in [-0.39, 0.29) is 6.10 Å². The highest BCUT2D eigenvalue weighted by atomic mass is 16.3. The molecular formula is C21H28O. The van der Waals surface area contributed by atoms with E-state index >= 15 is 0 Å². The summed E-state index contributed by atoms with van der Waals surface area (Å²) in [4.78, 5) is 0. The van der Waals surface area contributed by atoms with Crippen LogP contribution >= 0.6 is 0 Å². The summed E-state index contributed by atoms with van der Waals surface area (Å²) in [6.45, 7) is 4.91. The summed E-state index contributed by atoms with van der Waals surface area (Å²) in [5.74, 6) is 6.74. The van der Waals surface area contributed by atoms with Gasteiger partial charge in [0.2, 0.25) is 0 Å². The normalized spacial score (nSPS) is 50.1. The molecule has 4 aliphatic carbocycles. The van der Waals surface area contributed by atoms with E-state index in [4.69, 9.17) is 6.42 Å². The molecule has 0 radical (unpaired) electrons. The van der Waals surface area contributed by atoms with Gasteiger partial charge < -0.3 is 5.11 Å². The predicted octanol–water partition coefficient (Wildman–Crippen LogP) is 4.34. The summed E-state index contributed by atoms with van der Waals surface area (Å²) in [6, 6.07) is 0. The average Bonchev–Trinajstić information content (AvgIpc) is 2.94. The van der Waals surface area contributed by atoms with Gasteiger partial charge in [-0.2, -0.15) is 0 Å². The van der Waals surface area contributed by atoms with Crippen molar-refractivity contribution in [1.82, 2.24) is 0 Å². The fraction of sp³-hybridized carbons (Fsp3) is 0.714. The van der Waals surface area contributed by atoms with Crippen LogP contribution in [0.25, 0.3) is 0 Å². The van der Waals surface area contributed by atoms with Crippen molar-refractivity contribution in [2.24, 2.45) is 35.0 Å². The van der Waals surface area contributed by atoms with E-state index < -0.39 is 0 Å². The van der Waals surface area contributed by atoms with Crippen molar-refractivity contribution >= 4 is 0 Å². The molecular weight excluding hydrogens is 268 g/mol. The molecule has 0 bridgehead atoms. The Labute approximate surface area is 134 Å². The van der Waals surface area contributed by atoms with Gasteiger partial charge in [-0.1, -0.05) is 37.5 Å². The third kappa shape index (κ3) is 1.89. The Hall–Kier alpha value is -1.00. The zero-order valence-electron chi connectivity index (χ0n) is 13.9. The number of fused-ring (bicyclic) bond motifs is 5. The molecule has 1 heteroatoms. The van der Waals surface area contributed by atoms with E-state index in [2.05, 4.69) is 31.9 Å². The first-order valence-corrected chi connectivity index (χ1v) is 9.10. The summed E-state index contributed by atoms with van der Waals surface area (Å²) in [7, 11) is 0. The van der Waals surface area contributed by atoms with Gasteiger partial charge in [0.1, 0.15) is 0 Å². The first kappa shape index (κ1) is 14.6. The lowest BCUT2D eigenvalue weighted by Crippen LogP contribution is -2.49. The second-order valence-corrected chi connectivity index (χ2v) is 8.47. The molecule has 2 saturated carbocycles. The highest BCUT2D eigenvalue weighted by Crippen LogP contribution is 2.62. The SMILES string of the molecule is C#CC1=CCC2C3CCC4=CC(O)CC[C@]4(C)C3C[C@@H](C)C12. The second-order valence-electron chi connectivity index (χ2n) is 8.47. The molecule has 0 amide bonds. The minimum atomic E-state index is -0.199. The minimum absolute atomic E-state index is 0.199. The topological polar surface area (TPSA) is 20.2 Å². The van der Waals surface area contributed by atoms with Gasteiger partial charge in [0.15, 0.2) is 0 Å². The highest BCUT2D eigenvalue weighted by Gasteiger charge is 2.54.